The molecule has 1 rings (SSSR count). The molecule has 1 aromatic rings. The number of hydrogen-bond acceptors (Lipinski definition) is 3. The van der Waals surface area contributed by atoms with Crippen LogP contribution in [0.25, 0.3) is 0 Å². The Morgan fingerprint density at radius 1 is 1.53 bits per heavy atom. The molecule has 0 saturated carbocycles. The number of nitrogens with zero attached hydrogens (tertiary/aromatic N) is 1. The molecule has 0 aliphatic heterocycles. The summed E-state index contributed by atoms with van der Waals surface area (Å²) in [5.74, 6) is -0.362. The van der Waals surface area contributed by atoms with Crippen molar-refractivity contribution in [2.24, 2.45) is 0 Å². The van der Waals surface area contributed by atoms with E-state index in [1.165, 1.54) is 5.01 Å². The van der Waals surface area contributed by atoms with Gasteiger partial charge in [0.05, 0.1) is 11.3 Å². The van der Waals surface area contributed by atoms with E-state index in [0.29, 0.717) is 28.7 Å². The molecule has 0 aliphatic rings. The van der Waals surface area contributed by atoms with E-state index < -0.39 is 0 Å². The Labute approximate surface area is 116 Å². The highest BCUT2D eigenvalue weighted by atomic mass is 79.9. The van der Waals surface area contributed by atoms with E-state index in [2.05, 4.69) is 37.3 Å². The van der Waals surface area contributed by atoms with Gasteiger partial charge in [0.2, 0.25) is 6.41 Å². The van der Waals surface area contributed by atoms with E-state index in [9.17, 15) is 9.59 Å². The number of anilines is 1. The topological polar surface area (TPSA) is 75.4 Å². The molecule has 0 aromatic heterocycles. The summed E-state index contributed by atoms with van der Waals surface area (Å²) in [6.45, 7) is 2.10. The summed E-state index contributed by atoms with van der Waals surface area (Å²) in [6.07, 6.45) is 0.449. The maximum absolute atomic E-state index is 12.1. The molecule has 0 bridgehead atoms. The monoisotopic (exact) mass is 363 g/mol. The van der Waals surface area contributed by atoms with Crippen LogP contribution < -0.4 is 11.2 Å². The molecule has 7 heteroatoms. The van der Waals surface area contributed by atoms with Gasteiger partial charge >= 0.3 is 0 Å². The molecule has 0 saturated heterocycles. The molecule has 3 N–H and O–H groups in total. The lowest BCUT2D eigenvalue weighted by molar-refractivity contribution is -0.112. The van der Waals surface area contributed by atoms with Crippen molar-refractivity contribution in [1.29, 1.82) is 0 Å². The molecule has 2 amide bonds. The summed E-state index contributed by atoms with van der Waals surface area (Å²) >= 11 is 6.54. The quantitative estimate of drug-likeness (QED) is 0.487. The van der Waals surface area contributed by atoms with E-state index in [4.69, 9.17) is 5.73 Å². The largest absolute Gasteiger partial charge is 0.397 e. The van der Waals surface area contributed by atoms with E-state index in [1.807, 2.05) is 0 Å². The highest BCUT2D eigenvalue weighted by molar-refractivity contribution is 9.11. The first-order valence-electron chi connectivity index (χ1n) is 4.77. The predicted molar refractivity (Wildman–Crippen MR) is 72.2 cm³/mol. The van der Waals surface area contributed by atoms with Gasteiger partial charge in [0.1, 0.15) is 0 Å². The molecule has 0 atom stereocenters. The maximum atomic E-state index is 12.1. The van der Waals surface area contributed by atoms with Gasteiger partial charge in [-0.1, -0.05) is 15.9 Å². The van der Waals surface area contributed by atoms with Crippen molar-refractivity contribution in [2.75, 3.05) is 12.3 Å². The lowest BCUT2D eigenvalue weighted by Gasteiger charge is -2.20. The van der Waals surface area contributed by atoms with Gasteiger partial charge in [-0.15, -0.1) is 0 Å². The second-order valence-electron chi connectivity index (χ2n) is 3.15. The normalized spacial score (nSPS) is 9.82. The number of nitrogens with one attached hydrogen (secondary N) is 1. The minimum absolute atomic E-state index is 0.322. The summed E-state index contributed by atoms with van der Waals surface area (Å²) in [4.78, 5) is 22.4. The Bertz CT molecular complexity index is 451. The first kappa shape index (κ1) is 14.0. The number of rotatable bonds is 4. The summed E-state index contributed by atoms with van der Waals surface area (Å²) in [7, 11) is 0. The number of hydrogen-bond donors (Lipinski definition) is 2. The molecular formula is C10H11Br2N3O2. The van der Waals surface area contributed by atoms with Crippen molar-refractivity contribution in [2.45, 2.75) is 6.92 Å². The fourth-order valence-corrected chi connectivity index (χ4v) is 2.49. The first-order valence-corrected chi connectivity index (χ1v) is 6.36. The molecule has 0 heterocycles. The molecule has 0 spiro atoms. The number of nitrogens with two attached hydrogens (primary N) is 1. The van der Waals surface area contributed by atoms with E-state index in [0.717, 1.165) is 4.47 Å². The first-order chi connectivity index (χ1) is 8.01. The Morgan fingerprint density at radius 3 is 2.71 bits per heavy atom. The predicted octanol–water partition coefficient (Wildman–Crippen LogP) is 1.92. The SMILES string of the molecule is CCN(NC=O)C(=O)c1cc(Br)cc(Br)c1N. The molecular weight excluding hydrogens is 354 g/mol. The van der Waals surface area contributed by atoms with Crippen LogP contribution in [0, 0.1) is 0 Å². The fourth-order valence-electron chi connectivity index (χ4n) is 1.26. The van der Waals surface area contributed by atoms with Gasteiger partial charge in [-0.25, -0.2) is 0 Å². The number of nitrogen functional groups attached to an aromatic ring is 1. The molecule has 0 fully saturated rings. The lowest BCUT2D eigenvalue weighted by atomic mass is 10.1. The van der Waals surface area contributed by atoms with E-state index >= 15 is 0 Å². The van der Waals surface area contributed by atoms with Crippen LogP contribution in [0.2, 0.25) is 0 Å². The number of hydrazine groups is 1. The number of amides is 2. The molecule has 17 heavy (non-hydrogen) atoms. The molecule has 5 nitrogen and oxygen atoms in total. The molecule has 0 radical (unpaired) electrons. The Hall–Kier alpha value is -1.08. The van der Waals surface area contributed by atoms with Gasteiger partial charge in [-0.05, 0) is 35.0 Å². The molecule has 0 aliphatic carbocycles. The maximum Gasteiger partial charge on any atom is 0.274 e. The second-order valence-corrected chi connectivity index (χ2v) is 4.92. The van der Waals surface area contributed by atoms with Gasteiger partial charge in [0.15, 0.2) is 0 Å². The smallest absolute Gasteiger partial charge is 0.274 e. The van der Waals surface area contributed by atoms with Gasteiger partial charge in [0, 0.05) is 15.5 Å². The fraction of sp³-hybridized carbons (Fsp3) is 0.200. The standard InChI is InChI=1S/C10H11Br2N3O2/c1-2-15(14-5-16)10(17)7-3-6(11)4-8(12)9(7)13/h3-5H,2,13H2,1H3,(H,14,16). The highest BCUT2D eigenvalue weighted by Gasteiger charge is 2.18. The van der Waals surface area contributed by atoms with Crippen molar-refractivity contribution in [3.63, 3.8) is 0 Å². The third kappa shape index (κ3) is 3.19. The number of benzene rings is 1. The molecule has 0 unspecified atom stereocenters. The van der Waals surface area contributed by atoms with Crippen molar-refractivity contribution < 1.29 is 9.59 Å². The van der Waals surface area contributed by atoms with Crippen molar-refractivity contribution in [3.8, 4) is 0 Å². The number of halogens is 2. The third-order valence-electron chi connectivity index (χ3n) is 2.09. The summed E-state index contributed by atoms with van der Waals surface area (Å²) in [5.41, 5.74) is 8.78. The van der Waals surface area contributed by atoms with E-state index in [1.54, 1.807) is 19.1 Å². The minimum atomic E-state index is -0.362. The van der Waals surface area contributed by atoms with Crippen molar-refractivity contribution in [3.05, 3.63) is 26.6 Å². The summed E-state index contributed by atoms with van der Waals surface area (Å²) < 4.78 is 1.35. The zero-order valence-electron chi connectivity index (χ0n) is 9.04. The van der Waals surface area contributed by atoms with Crippen LogP contribution in [0.5, 0.6) is 0 Å². The van der Waals surface area contributed by atoms with E-state index in [-0.39, 0.29) is 5.91 Å². The molecule has 1 aromatic carbocycles. The lowest BCUT2D eigenvalue weighted by Crippen LogP contribution is -2.42. The van der Waals surface area contributed by atoms with Crippen LogP contribution in [0.4, 0.5) is 5.69 Å². The average Bonchev–Trinajstić information content (AvgIpc) is 2.29. The van der Waals surface area contributed by atoms with Crippen LogP contribution in [-0.2, 0) is 4.79 Å². The highest BCUT2D eigenvalue weighted by Crippen LogP contribution is 2.28. The van der Waals surface area contributed by atoms with Crippen LogP contribution in [-0.4, -0.2) is 23.9 Å². The van der Waals surface area contributed by atoms with Gasteiger partial charge in [-0.3, -0.25) is 20.0 Å². The van der Waals surface area contributed by atoms with Crippen molar-refractivity contribution >= 4 is 49.9 Å². The Morgan fingerprint density at radius 2 is 2.18 bits per heavy atom. The minimum Gasteiger partial charge on any atom is -0.397 e. The third-order valence-corrected chi connectivity index (χ3v) is 3.21. The Kier molecular flexibility index (Phi) is 4.95. The Balaban J connectivity index is 3.14. The van der Waals surface area contributed by atoms with Gasteiger partial charge < -0.3 is 5.73 Å². The van der Waals surface area contributed by atoms with Crippen LogP contribution in [0.3, 0.4) is 0 Å². The number of carbonyl (C=O) groups excluding carboxylic acids is 2. The van der Waals surface area contributed by atoms with Crippen LogP contribution >= 0.6 is 31.9 Å². The zero-order chi connectivity index (χ0) is 13.0. The van der Waals surface area contributed by atoms with Crippen LogP contribution in [0.1, 0.15) is 17.3 Å². The van der Waals surface area contributed by atoms with Crippen molar-refractivity contribution in [1.82, 2.24) is 10.4 Å². The second kappa shape index (κ2) is 6.02. The summed E-state index contributed by atoms with van der Waals surface area (Å²) in [5, 5.41) is 1.18. The zero-order valence-corrected chi connectivity index (χ0v) is 12.2. The number of carbonyl (C=O) groups is 2. The van der Waals surface area contributed by atoms with Gasteiger partial charge in [0.25, 0.3) is 5.91 Å². The van der Waals surface area contributed by atoms with Gasteiger partial charge in [-0.2, -0.15) is 0 Å². The van der Waals surface area contributed by atoms with Crippen LogP contribution in [0.15, 0.2) is 21.1 Å². The average molecular weight is 365 g/mol. The summed E-state index contributed by atoms with van der Waals surface area (Å²) in [6, 6.07) is 3.35. The molecule has 92 valence electrons.